The highest BCUT2D eigenvalue weighted by Gasteiger charge is 2.46. The smallest absolute Gasteiger partial charge is 0.121 e. The summed E-state index contributed by atoms with van der Waals surface area (Å²) in [5, 5.41) is 0. The lowest BCUT2D eigenvalue weighted by Crippen LogP contribution is -2.37. The molecule has 0 aliphatic heterocycles. The van der Waals surface area contributed by atoms with Gasteiger partial charge in [0.25, 0.3) is 0 Å². The van der Waals surface area contributed by atoms with E-state index < -0.39 is 5.54 Å². The second kappa shape index (κ2) is 6.79. The maximum Gasteiger partial charge on any atom is 0.121 e. The van der Waals surface area contributed by atoms with Crippen LogP contribution in [0.3, 0.4) is 0 Å². The molecule has 0 unspecified atom stereocenters. The highest BCUT2D eigenvalue weighted by molar-refractivity contribution is 5.51. The Labute approximate surface area is 171 Å². The molecule has 0 spiro atoms. The third-order valence-electron chi connectivity index (χ3n) is 6.06. The minimum Gasteiger partial charge on any atom is -0.319 e. The van der Waals surface area contributed by atoms with Crippen LogP contribution >= 0.6 is 0 Å². The molecule has 140 valence electrons. The summed E-state index contributed by atoms with van der Waals surface area (Å²) in [6, 6.07) is 31.9. The first kappa shape index (κ1) is 17.5. The standard InChI is InChI=1S/C27H22N2/c1-2-26(18-19-26)25-20-29(21-28-25)27(22-12-6-3-7-13-22,23-14-8-4-9-15-23)24-16-10-5-11-17-24/h1,3-17,20-21H,18-19H2. The van der Waals surface area contributed by atoms with Crippen molar-refractivity contribution in [2.75, 3.05) is 0 Å². The summed E-state index contributed by atoms with van der Waals surface area (Å²) in [7, 11) is 0. The summed E-state index contributed by atoms with van der Waals surface area (Å²) >= 11 is 0. The maximum absolute atomic E-state index is 5.85. The molecule has 5 rings (SSSR count). The summed E-state index contributed by atoms with van der Waals surface area (Å²) in [6.07, 6.45) is 12.0. The van der Waals surface area contributed by atoms with Crippen LogP contribution in [0.5, 0.6) is 0 Å². The molecule has 1 fully saturated rings. The zero-order valence-electron chi connectivity index (χ0n) is 16.2. The van der Waals surface area contributed by atoms with Crippen molar-refractivity contribution in [1.29, 1.82) is 0 Å². The molecule has 2 nitrogen and oxygen atoms in total. The highest BCUT2D eigenvalue weighted by Crippen LogP contribution is 2.48. The lowest BCUT2D eigenvalue weighted by Gasteiger charge is -2.37. The van der Waals surface area contributed by atoms with E-state index in [1.54, 1.807) is 0 Å². The lowest BCUT2D eigenvalue weighted by atomic mass is 9.76. The molecule has 29 heavy (non-hydrogen) atoms. The molecule has 1 heterocycles. The highest BCUT2D eigenvalue weighted by atomic mass is 15.1. The molecule has 0 amide bonds. The van der Waals surface area contributed by atoms with Gasteiger partial charge >= 0.3 is 0 Å². The Kier molecular flexibility index (Phi) is 4.11. The van der Waals surface area contributed by atoms with Crippen LogP contribution in [0.25, 0.3) is 0 Å². The molecule has 4 aromatic rings. The van der Waals surface area contributed by atoms with Crippen molar-refractivity contribution in [1.82, 2.24) is 9.55 Å². The van der Waals surface area contributed by atoms with Crippen LogP contribution in [0.15, 0.2) is 104 Å². The fourth-order valence-corrected chi connectivity index (χ4v) is 4.34. The fourth-order valence-electron chi connectivity index (χ4n) is 4.34. The first-order chi connectivity index (χ1) is 14.3. The molecule has 0 bridgehead atoms. The largest absolute Gasteiger partial charge is 0.319 e. The van der Waals surface area contributed by atoms with Gasteiger partial charge in [-0.1, -0.05) is 96.9 Å². The van der Waals surface area contributed by atoms with E-state index in [9.17, 15) is 0 Å². The second-order valence-corrected chi connectivity index (χ2v) is 7.70. The van der Waals surface area contributed by atoms with E-state index >= 15 is 0 Å². The summed E-state index contributed by atoms with van der Waals surface area (Å²) < 4.78 is 2.24. The Morgan fingerprint density at radius 3 is 1.59 bits per heavy atom. The zero-order chi connectivity index (χ0) is 19.7. The molecule has 1 aliphatic carbocycles. The normalized spacial score (nSPS) is 14.9. The van der Waals surface area contributed by atoms with E-state index in [2.05, 4.69) is 108 Å². The van der Waals surface area contributed by atoms with Gasteiger partial charge in [-0.3, -0.25) is 0 Å². The first-order valence-corrected chi connectivity index (χ1v) is 9.99. The van der Waals surface area contributed by atoms with Crippen molar-refractivity contribution >= 4 is 0 Å². The van der Waals surface area contributed by atoms with Crippen molar-refractivity contribution in [2.45, 2.75) is 23.8 Å². The molecule has 0 radical (unpaired) electrons. The third-order valence-corrected chi connectivity index (χ3v) is 6.06. The van der Waals surface area contributed by atoms with E-state index in [0.717, 1.165) is 18.5 Å². The Bertz CT molecular complexity index is 1050. The summed E-state index contributed by atoms with van der Waals surface area (Å²) in [5.41, 5.74) is 3.83. The Morgan fingerprint density at radius 1 is 0.759 bits per heavy atom. The number of benzene rings is 3. The van der Waals surface area contributed by atoms with Crippen molar-refractivity contribution in [3.63, 3.8) is 0 Å². The van der Waals surface area contributed by atoms with Gasteiger partial charge in [-0.25, -0.2) is 4.98 Å². The van der Waals surface area contributed by atoms with E-state index in [-0.39, 0.29) is 5.41 Å². The molecular weight excluding hydrogens is 352 g/mol. The third kappa shape index (κ3) is 2.70. The van der Waals surface area contributed by atoms with E-state index in [0.29, 0.717) is 0 Å². The maximum atomic E-state index is 5.85. The fraction of sp³-hybridized carbons (Fsp3) is 0.148. The summed E-state index contributed by atoms with van der Waals surface area (Å²) in [6.45, 7) is 0. The predicted octanol–water partition coefficient (Wildman–Crippen LogP) is 5.39. The number of nitrogens with zero attached hydrogens (tertiary/aromatic N) is 2. The molecule has 1 aliphatic rings. The summed E-state index contributed by atoms with van der Waals surface area (Å²) in [5.74, 6) is 2.98. The van der Waals surface area contributed by atoms with Crippen molar-refractivity contribution in [3.8, 4) is 12.3 Å². The van der Waals surface area contributed by atoms with Crippen molar-refractivity contribution < 1.29 is 0 Å². The molecule has 0 saturated heterocycles. The van der Waals surface area contributed by atoms with Gasteiger partial charge in [-0.15, -0.1) is 6.42 Å². The molecule has 2 heteroatoms. The predicted molar refractivity (Wildman–Crippen MR) is 117 cm³/mol. The van der Waals surface area contributed by atoms with Crippen LogP contribution in [0.1, 0.15) is 35.2 Å². The average Bonchev–Trinajstić information content (AvgIpc) is 3.45. The Balaban J connectivity index is 1.83. The van der Waals surface area contributed by atoms with E-state index in [4.69, 9.17) is 11.4 Å². The van der Waals surface area contributed by atoms with Crippen LogP contribution in [0.2, 0.25) is 0 Å². The average molecular weight is 374 g/mol. The summed E-state index contributed by atoms with van der Waals surface area (Å²) in [4.78, 5) is 4.78. The lowest BCUT2D eigenvalue weighted by molar-refractivity contribution is 0.514. The van der Waals surface area contributed by atoms with Gasteiger partial charge in [0.05, 0.1) is 17.4 Å². The van der Waals surface area contributed by atoms with Gasteiger partial charge in [0.1, 0.15) is 5.54 Å². The molecule has 1 saturated carbocycles. The molecule has 3 aromatic carbocycles. The second-order valence-electron chi connectivity index (χ2n) is 7.70. The van der Waals surface area contributed by atoms with Crippen molar-refractivity contribution in [3.05, 3.63) is 126 Å². The van der Waals surface area contributed by atoms with Gasteiger partial charge in [-0.2, -0.15) is 0 Å². The van der Waals surface area contributed by atoms with Gasteiger partial charge in [0, 0.05) is 6.20 Å². The minimum absolute atomic E-state index is 0.193. The number of rotatable bonds is 5. The Hall–Kier alpha value is -3.57. The van der Waals surface area contributed by atoms with Crippen LogP contribution in [0.4, 0.5) is 0 Å². The number of imidazole rings is 1. The monoisotopic (exact) mass is 374 g/mol. The van der Waals surface area contributed by atoms with E-state index in [1.807, 2.05) is 6.33 Å². The van der Waals surface area contributed by atoms with Crippen molar-refractivity contribution in [2.24, 2.45) is 0 Å². The first-order valence-electron chi connectivity index (χ1n) is 9.99. The van der Waals surface area contributed by atoms with Crippen LogP contribution in [-0.2, 0) is 11.0 Å². The number of hydrogen-bond donors (Lipinski definition) is 0. The quantitative estimate of drug-likeness (QED) is 0.338. The number of terminal acetylenes is 1. The minimum atomic E-state index is -0.528. The Morgan fingerprint density at radius 2 is 1.21 bits per heavy atom. The van der Waals surface area contributed by atoms with E-state index in [1.165, 1.54) is 16.7 Å². The van der Waals surface area contributed by atoms with Gasteiger partial charge < -0.3 is 4.57 Å². The topological polar surface area (TPSA) is 17.8 Å². The SMILES string of the molecule is C#CC1(c2cn(C(c3ccccc3)(c3ccccc3)c3ccccc3)cn2)CC1. The zero-order valence-corrected chi connectivity index (χ0v) is 16.2. The molecule has 0 N–H and O–H groups in total. The van der Waals surface area contributed by atoms with Crippen LogP contribution in [0, 0.1) is 12.3 Å². The van der Waals surface area contributed by atoms with Gasteiger partial charge in [0.15, 0.2) is 0 Å². The number of aromatic nitrogens is 2. The molecule has 0 atom stereocenters. The van der Waals surface area contributed by atoms with Gasteiger partial charge in [0.2, 0.25) is 0 Å². The van der Waals surface area contributed by atoms with Crippen LogP contribution < -0.4 is 0 Å². The molecular formula is C27H22N2. The number of hydrogen-bond acceptors (Lipinski definition) is 1. The molecule has 1 aromatic heterocycles. The van der Waals surface area contributed by atoms with Crippen LogP contribution in [-0.4, -0.2) is 9.55 Å². The van der Waals surface area contributed by atoms with Gasteiger partial charge in [-0.05, 0) is 29.5 Å².